The summed E-state index contributed by atoms with van der Waals surface area (Å²) in [6.07, 6.45) is 0. The molecular weight excluding hydrogens is 438 g/mol. The molecule has 10 heteroatoms. The molecule has 0 radical (unpaired) electrons. The number of methoxy groups -OCH3 is 2. The van der Waals surface area contributed by atoms with Crippen LogP contribution in [0.2, 0.25) is 0 Å². The lowest BCUT2D eigenvalue weighted by atomic mass is 9.81. The molecule has 4 rings (SSSR count). The van der Waals surface area contributed by atoms with E-state index in [-0.39, 0.29) is 29.2 Å². The van der Waals surface area contributed by atoms with Crippen molar-refractivity contribution in [2.75, 3.05) is 24.4 Å². The Balaban J connectivity index is 2.08. The second-order valence-electron chi connectivity index (χ2n) is 7.45. The Hall–Kier alpha value is -4.78. The number of hydrogen-bond donors (Lipinski definition) is 3. The van der Waals surface area contributed by atoms with Gasteiger partial charge < -0.3 is 25.8 Å². The number of para-hydroxylation sites is 1. The van der Waals surface area contributed by atoms with Crippen molar-refractivity contribution in [3.05, 3.63) is 82.3 Å². The maximum atomic E-state index is 13.1. The minimum absolute atomic E-state index is 0.0390. The number of nitrogens with zero attached hydrogens (tertiary/aromatic N) is 2. The smallest absolute Gasteiger partial charge is 0.355 e. The molecule has 2 aromatic carbocycles. The quantitative estimate of drug-likeness (QED) is 0.590. The van der Waals surface area contributed by atoms with E-state index in [0.29, 0.717) is 16.9 Å². The van der Waals surface area contributed by atoms with Crippen LogP contribution in [0.5, 0.6) is 0 Å². The molecule has 172 valence electrons. The lowest BCUT2D eigenvalue weighted by Crippen LogP contribution is -2.42. The van der Waals surface area contributed by atoms with Crippen LogP contribution in [0, 0.1) is 11.3 Å². The average molecular weight is 459 g/mol. The summed E-state index contributed by atoms with van der Waals surface area (Å²) in [6, 6.07) is 15.5. The van der Waals surface area contributed by atoms with Crippen LogP contribution in [-0.4, -0.2) is 32.2 Å². The van der Waals surface area contributed by atoms with Crippen molar-refractivity contribution in [3.8, 4) is 6.07 Å². The predicted octanol–water partition coefficient (Wildman–Crippen LogP) is 2.22. The Morgan fingerprint density at radius 2 is 1.79 bits per heavy atom. The third-order valence-electron chi connectivity index (χ3n) is 5.66. The molecule has 4 N–H and O–H groups in total. The van der Waals surface area contributed by atoms with Crippen LogP contribution in [0.4, 0.5) is 16.2 Å². The molecule has 2 aliphatic rings. The van der Waals surface area contributed by atoms with Crippen molar-refractivity contribution in [1.29, 1.82) is 5.26 Å². The third kappa shape index (κ3) is 3.59. The fourth-order valence-corrected chi connectivity index (χ4v) is 4.16. The van der Waals surface area contributed by atoms with Gasteiger partial charge in [0.25, 0.3) is 0 Å². The Morgan fingerprint density at radius 1 is 1.09 bits per heavy atom. The summed E-state index contributed by atoms with van der Waals surface area (Å²) in [6.45, 7) is 0.241. The summed E-state index contributed by atoms with van der Waals surface area (Å²) in [5.41, 5.74) is 8.20. The van der Waals surface area contributed by atoms with Crippen molar-refractivity contribution in [2.24, 2.45) is 5.73 Å². The van der Waals surface area contributed by atoms with Crippen LogP contribution >= 0.6 is 0 Å². The molecular formula is C24H21N5O5. The molecule has 0 aromatic heterocycles. The zero-order valence-electron chi connectivity index (χ0n) is 18.4. The van der Waals surface area contributed by atoms with Gasteiger partial charge in [0, 0.05) is 6.54 Å². The maximum absolute atomic E-state index is 13.1. The molecule has 0 saturated carbocycles. The number of carbonyl (C=O) groups is 3. The molecule has 0 aliphatic carbocycles. The highest BCUT2D eigenvalue weighted by molar-refractivity contribution is 6.08. The zero-order chi connectivity index (χ0) is 24.4. The van der Waals surface area contributed by atoms with Gasteiger partial charge in [-0.1, -0.05) is 42.5 Å². The maximum Gasteiger partial charge on any atom is 0.355 e. The van der Waals surface area contributed by atoms with Crippen LogP contribution in [0.1, 0.15) is 17.0 Å². The number of nitrogens with two attached hydrogens (primary N) is 1. The number of anilines is 2. The van der Waals surface area contributed by atoms with E-state index in [1.807, 2.05) is 0 Å². The fraction of sp³-hybridized carbons (Fsp3) is 0.167. The number of benzene rings is 2. The van der Waals surface area contributed by atoms with E-state index in [2.05, 4.69) is 16.7 Å². The number of ether oxygens (including phenoxy) is 2. The highest BCUT2D eigenvalue weighted by Gasteiger charge is 2.43. The van der Waals surface area contributed by atoms with Crippen molar-refractivity contribution in [3.63, 3.8) is 0 Å². The molecule has 2 aromatic rings. The first kappa shape index (κ1) is 22.4. The standard InChI is InChI=1S/C24H21N5O5/c1-33-22(30)18-17(13-7-4-3-5-8-13)15(11-25)21(26)29(20(18)23(31)34-2)16-10-6-9-14-12-27-24(32)28-19(14)16/h3-10,17H,12,26H2,1-2H3,(H2,27,28,32). The number of allylic oxidation sites excluding steroid dienone is 1. The van der Waals surface area contributed by atoms with E-state index in [1.54, 1.807) is 48.5 Å². The van der Waals surface area contributed by atoms with Crippen molar-refractivity contribution >= 4 is 29.3 Å². The van der Waals surface area contributed by atoms with Crippen molar-refractivity contribution in [1.82, 2.24) is 5.32 Å². The van der Waals surface area contributed by atoms with E-state index >= 15 is 0 Å². The summed E-state index contributed by atoms with van der Waals surface area (Å²) in [5.74, 6) is -2.74. The second-order valence-corrected chi connectivity index (χ2v) is 7.45. The van der Waals surface area contributed by atoms with E-state index < -0.39 is 23.9 Å². The van der Waals surface area contributed by atoms with Gasteiger partial charge in [0.1, 0.15) is 11.5 Å². The molecule has 2 heterocycles. The molecule has 10 nitrogen and oxygen atoms in total. The van der Waals surface area contributed by atoms with E-state index in [4.69, 9.17) is 15.2 Å². The number of hydrogen-bond acceptors (Lipinski definition) is 8. The number of urea groups is 1. The van der Waals surface area contributed by atoms with Gasteiger partial charge in [0.05, 0.1) is 48.7 Å². The summed E-state index contributed by atoms with van der Waals surface area (Å²) < 4.78 is 10.1. The normalized spacial score (nSPS) is 17.3. The van der Waals surface area contributed by atoms with Crippen molar-refractivity contribution < 1.29 is 23.9 Å². The van der Waals surface area contributed by atoms with Gasteiger partial charge in [-0.3, -0.25) is 4.90 Å². The molecule has 0 bridgehead atoms. The largest absolute Gasteiger partial charge is 0.466 e. The van der Waals surface area contributed by atoms with Crippen LogP contribution in [0.15, 0.2) is 71.2 Å². The minimum Gasteiger partial charge on any atom is -0.466 e. The molecule has 0 spiro atoms. The summed E-state index contributed by atoms with van der Waals surface area (Å²) >= 11 is 0. The van der Waals surface area contributed by atoms with E-state index in [0.717, 1.165) is 5.56 Å². The molecule has 0 fully saturated rings. The van der Waals surface area contributed by atoms with E-state index in [1.165, 1.54) is 19.1 Å². The summed E-state index contributed by atoms with van der Waals surface area (Å²) in [5, 5.41) is 15.5. The number of carbonyl (C=O) groups excluding carboxylic acids is 3. The highest BCUT2D eigenvalue weighted by Crippen LogP contribution is 2.45. The van der Waals surface area contributed by atoms with Crippen LogP contribution < -0.4 is 21.3 Å². The van der Waals surface area contributed by atoms with Crippen LogP contribution in [-0.2, 0) is 25.6 Å². The summed E-state index contributed by atoms with van der Waals surface area (Å²) in [7, 11) is 2.35. The molecule has 34 heavy (non-hydrogen) atoms. The summed E-state index contributed by atoms with van der Waals surface area (Å²) in [4.78, 5) is 39.6. The first-order valence-electron chi connectivity index (χ1n) is 10.2. The SMILES string of the molecule is COC(=O)C1=C(C(=O)OC)N(c2cccc3c2NC(=O)NC3)C(N)=C(C#N)C1c1ccccc1. The monoisotopic (exact) mass is 459 g/mol. The number of fused-ring (bicyclic) bond motifs is 1. The number of nitrogens with one attached hydrogen (secondary N) is 2. The van der Waals surface area contributed by atoms with Gasteiger partial charge >= 0.3 is 18.0 Å². The van der Waals surface area contributed by atoms with Gasteiger partial charge in [-0.2, -0.15) is 5.26 Å². The van der Waals surface area contributed by atoms with Crippen molar-refractivity contribution in [2.45, 2.75) is 12.5 Å². The lowest BCUT2D eigenvalue weighted by molar-refractivity contribution is -0.139. The fourth-order valence-electron chi connectivity index (χ4n) is 4.16. The van der Waals surface area contributed by atoms with Gasteiger partial charge in [-0.15, -0.1) is 0 Å². The highest BCUT2D eigenvalue weighted by atomic mass is 16.5. The molecule has 2 amide bonds. The van der Waals surface area contributed by atoms with Gasteiger partial charge in [0.2, 0.25) is 0 Å². The van der Waals surface area contributed by atoms with Crippen LogP contribution in [0.3, 0.4) is 0 Å². The van der Waals surface area contributed by atoms with Gasteiger partial charge in [0.15, 0.2) is 0 Å². The first-order valence-corrected chi connectivity index (χ1v) is 10.2. The van der Waals surface area contributed by atoms with Gasteiger partial charge in [-0.25, -0.2) is 14.4 Å². The number of rotatable bonds is 4. The number of esters is 2. The first-order chi connectivity index (χ1) is 16.4. The number of nitriles is 1. The average Bonchev–Trinajstić information content (AvgIpc) is 2.87. The van der Waals surface area contributed by atoms with Gasteiger partial charge in [-0.05, 0) is 17.2 Å². The second kappa shape index (κ2) is 8.99. The zero-order valence-corrected chi connectivity index (χ0v) is 18.4. The Morgan fingerprint density at radius 3 is 2.44 bits per heavy atom. The lowest BCUT2D eigenvalue weighted by Gasteiger charge is -2.37. The molecule has 1 atom stereocenters. The molecule has 1 unspecified atom stereocenters. The van der Waals surface area contributed by atoms with E-state index in [9.17, 15) is 19.6 Å². The minimum atomic E-state index is -0.972. The topological polar surface area (TPSA) is 147 Å². The Labute approximate surface area is 195 Å². The predicted molar refractivity (Wildman–Crippen MR) is 122 cm³/mol. The number of amides is 2. The van der Waals surface area contributed by atoms with Crippen LogP contribution in [0.25, 0.3) is 0 Å². The Bertz CT molecular complexity index is 1290. The Kier molecular flexibility index (Phi) is 5.93. The third-order valence-corrected chi connectivity index (χ3v) is 5.66. The molecule has 2 aliphatic heterocycles. The molecule has 0 saturated heterocycles.